The van der Waals surface area contributed by atoms with Gasteiger partial charge < -0.3 is 15.4 Å². The minimum atomic E-state index is -0.619. The van der Waals surface area contributed by atoms with Gasteiger partial charge in [0.2, 0.25) is 5.91 Å². The van der Waals surface area contributed by atoms with Crippen molar-refractivity contribution in [3.05, 3.63) is 28.7 Å². The van der Waals surface area contributed by atoms with Crippen molar-refractivity contribution in [2.24, 2.45) is 5.92 Å². The third-order valence-corrected chi connectivity index (χ3v) is 5.07. The number of ether oxygens (including phenoxy) is 1. The van der Waals surface area contributed by atoms with Crippen molar-refractivity contribution in [2.45, 2.75) is 57.7 Å². The largest absolute Gasteiger partial charge is 0.447 e. The number of halogens is 1. The molecular weight excluding hydrogens is 404 g/mol. The molecule has 5 nitrogen and oxygen atoms in total. The van der Waals surface area contributed by atoms with Crippen LogP contribution in [0.5, 0.6) is 0 Å². The second-order valence-corrected chi connectivity index (χ2v) is 8.50. The molecule has 0 radical (unpaired) electrons. The Morgan fingerprint density at radius 2 is 1.68 bits per heavy atom. The van der Waals surface area contributed by atoms with E-state index in [0.29, 0.717) is 0 Å². The van der Waals surface area contributed by atoms with E-state index in [1.54, 1.807) is 25.6 Å². The van der Waals surface area contributed by atoms with E-state index in [-0.39, 0.29) is 24.0 Å². The van der Waals surface area contributed by atoms with E-state index >= 15 is 0 Å². The molecule has 0 spiro atoms. The number of benzene rings is 1. The summed E-state index contributed by atoms with van der Waals surface area (Å²) >= 11 is 5.09. The van der Waals surface area contributed by atoms with Crippen molar-refractivity contribution in [3.8, 4) is 0 Å². The number of alkyl carbamates (subject to hydrolysis) is 1. The van der Waals surface area contributed by atoms with E-state index in [1.165, 1.54) is 0 Å². The zero-order valence-electron chi connectivity index (χ0n) is 15.3. The fourth-order valence-corrected chi connectivity index (χ4v) is 3.16. The number of amides is 2. The monoisotopic (exact) mass is 430 g/mol. The van der Waals surface area contributed by atoms with E-state index < -0.39 is 12.1 Å². The lowest BCUT2D eigenvalue weighted by Crippen LogP contribution is -2.52. The number of rotatable bonds is 8. The highest BCUT2D eigenvalue weighted by Gasteiger charge is 2.26. The first kappa shape index (κ1) is 21.8. The van der Waals surface area contributed by atoms with Gasteiger partial charge >= 0.3 is 6.09 Å². The number of nitrogens with one attached hydrogen (secondary N) is 2. The summed E-state index contributed by atoms with van der Waals surface area (Å²) in [7, 11) is 0. The lowest BCUT2D eigenvalue weighted by atomic mass is 10.0. The first-order chi connectivity index (χ1) is 11.7. The van der Waals surface area contributed by atoms with E-state index in [4.69, 9.17) is 4.74 Å². The summed E-state index contributed by atoms with van der Waals surface area (Å²) in [6.07, 6.45) is -0.794. The zero-order valence-corrected chi connectivity index (χ0v) is 17.7. The minimum absolute atomic E-state index is 0.0229. The van der Waals surface area contributed by atoms with Crippen molar-refractivity contribution in [2.75, 3.05) is 5.75 Å². The summed E-state index contributed by atoms with van der Waals surface area (Å²) in [5, 5.41) is 5.61. The van der Waals surface area contributed by atoms with Gasteiger partial charge in [-0.3, -0.25) is 4.79 Å². The molecule has 0 saturated carbocycles. The third-order valence-electron chi connectivity index (χ3n) is 3.27. The molecule has 7 heteroatoms. The molecule has 0 aromatic heterocycles. The highest BCUT2D eigenvalue weighted by atomic mass is 79.9. The van der Waals surface area contributed by atoms with Crippen LogP contribution >= 0.6 is 27.7 Å². The molecule has 1 aromatic rings. The summed E-state index contributed by atoms with van der Waals surface area (Å²) < 4.78 is 6.10. The van der Waals surface area contributed by atoms with E-state index in [0.717, 1.165) is 15.1 Å². The smallest absolute Gasteiger partial charge is 0.408 e. The van der Waals surface area contributed by atoms with E-state index in [9.17, 15) is 9.59 Å². The van der Waals surface area contributed by atoms with Gasteiger partial charge in [0.1, 0.15) is 6.04 Å². The Labute approximate surface area is 162 Å². The van der Waals surface area contributed by atoms with Gasteiger partial charge in [-0.15, -0.1) is 11.8 Å². The molecule has 0 heterocycles. The molecule has 0 aliphatic carbocycles. The lowest BCUT2D eigenvalue weighted by molar-refractivity contribution is -0.124. The highest BCUT2D eigenvalue weighted by Crippen LogP contribution is 2.21. The normalized spacial score (nSPS) is 13.4. The Morgan fingerprint density at radius 3 is 2.20 bits per heavy atom. The molecule has 0 aliphatic rings. The molecule has 0 aliphatic heterocycles. The van der Waals surface area contributed by atoms with Crippen LogP contribution in [-0.4, -0.2) is 35.9 Å². The summed E-state index contributed by atoms with van der Waals surface area (Å²) in [4.78, 5) is 25.4. The van der Waals surface area contributed by atoms with Crippen molar-refractivity contribution in [1.82, 2.24) is 10.6 Å². The van der Waals surface area contributed by atoms with Crippen LogP contribution < -0.4 is 10.6 Å². The van der Waals surface area contributed by atoms with E-state index in [1.807, 2.05) is 45.0 Å². The Hall–Kier alpha value is -1.21. The lowest BCUT2D eigenvalue weighted by Gasteiger charge is -2.24. The molecule has 0 fully saturated rings. The van der Waals surface area contributed by atoms with Crippen LogP contribution in [0.3, 0.4) is 0 Å². The summed E-state index contributed by atoms with van der Waals surface area (Å²) in [6, 6.07) is 7.40. The van der Waals surface area contributed by atoms with Gasteiger partial charge in [-0.05, 0) is 51.0 Å². The van der Waals surface area contributed by atoms with E-state index in [2.05, 4.69) is 26.6 Å². The average Bonchev–Trinajstić information content (AvgIpc) is 2.51. The zero-order chi connectivity index (χ0) is 19.0. The van der Waals surface area contributed by atoms with Gasteiger partial charge in [-0.25, -0.2) is 4.79 Å². The Balaban J connectivity index is 2.51. The van der Waals surface area contributed by atoms with Crippen molar-refractivity contribution in [1.29, 1.82) is 0 Å². The fraction of sp³-hybridized carbons (Fsp3) is 0.556. The molecular formula is C18H27BrN2O3S. The molecule has 2 unspecified atom stereocenters. The van der Waals surface area contributed by atoms with Gasteiger partial charge in [0, 0.05) is 21.2 Å². The van der Waals surface area contributed by atoms with Gasteiger partial charge in [0.25, 0.3) is 0 Å². The Kier molecular flexibility index (Phi) is 9.35. The summed E-state index contributed by atoms with van der Waals surface area (Å²) in [5.74, 6) is 0.514. The molecule has 140 valence electrons. The van der Waals surface area contributed by atoms with Crippen molar-refractivity contribution >= 4 is 39.7 Å². The van der Waals surface area contributed by atoms with Crippen LogP contribution in [0, 0.1) is 5.92 Å². The maximum atomic E-state index is 12.5. The molecule has 2 amide bonds. The molecule has 1 aromatic carbocycles. The van der Waals surface area contributed by atoms with Gasteiger partial charge in [-0.2, -0.15) is 0 Å². The number of hydrogen-bond donors (Lipinski definition) is 2. The number of carbonyl (C=O) groups excluding carboxylic acids is 2. The fourth-order valence-electron chi connectivity index (χ4n) is 2.04. The van der Waals surface area contributed by atoms with Crippen molar-refractivity contribution < 1.29 is 14.3 Å². The quantitative estimate of drug-likeness (QED) is 0.606. The third kappa shape index (κ3) is 8.63. The molecule has 1 rings (SSSR count). The van der Waals surface area contributed by atoms with Gasteiger partial charge in [-0.1, -0.05) is 29.8 Å². The van der Waals surface area contributed by atoms with Crippen LogP contribution in [-0.2, 0) is 9.53 Å². The molecule has 25 heavy (non-hydrogen) atoms. The average molecular weight is 431 g/mol. The first-order valence-corrected chi connectivity index (χ1v) is 10.1. The van der Waals surface area contributed by atoms with Crippen LogP contribution in [0.25, 0.3) is 0 Å². The predicted molar refractivity (Wildman–Crippen MR) is 106 cm³/mol. The second-order valence-electron chi connectivity index (χ2n) is 6.49. The topological polar surface area (TPSA) is 67.4 Å². The van der Waals surface area contributed by atoms with Gasteiger partial charge in [0.05, 0.1) is 6.10 Å². The molecule has 0 saturated heterocycles. The van der Waals surface area contributed by atoms with Crippen LogP contribution in [0.15, 0.2) is 33.6 Å². The Bertz CT molecular complexity index is 564. The molecule has 0 bridgehead atoms. The standard InChI is InChI=1S/C18H27BrN2O3S/c1-11(2)16(21-18(23)24-12(3)4)17(22)20-13(5)10-25-15-8-6-14(19)7-9-15/h6-9,11-13,16H,10H2,1-5H3,(H,20,22)(H,21,23). The molecule has 2 atom stereocenters. The summed E-state index contributed by atoms with van der Waals surface area (Å²) in [5.41, 5.74) is 0. The highest BCUT2D eigenvalue weighted by molar-refractivity contribution is 9.10. The maximum absolute atomic E-state index is 12.5. The predicted octanol–water partition coefficient (Wildman–Crippen LogP) is 4.21. The number of hydrogen-bond acceptors (Lipinski definition) is 4. The van der Waals surface area contributed by atoms with Crippen LogP contribution in [0.2, 0.25) is 0 Å². The Morgan fingerprint density at radius 1 is 1.08 bits per heavy atom. The number of carbonyl (C=O) groups is 2. The summed E-state index contributed by atoms with van der Waals surface area (Å²) in [6.45, 7) is 9.27. The molecule has 2 N–H and O–H groups in total. The maximum Gasteiger partial charge on any atom is 0.408 e. The number of thioether (sulfide) groups is 1. The SMILES string of the molecule is CC(CSc1ccc(Br)cc1)NC(=O)C(NC(=O)OC(C)C)C(C)C. The van der Waals surface area contributed by atoms with Crippen LogP contribution in [0.1, 0.15) is 34.6 Å². The van der Waals surface area contributed by atoms with Crippen LogP contribution in [0.4, 0.5) is 4.79 Å². The second kappa shape index (κ2) is 10.7. The first-order valence-electron chi connectivity index (χ1n) is 8.35. The van der Waals surface area contributed by atoms with Gasteiger partial charge in [0.15, 0.2) is 0 Å². The van der Waals surface area contributed by atoms with Crippen molar-refractivity contribution in [3.63, 3.8) is 0 Å². The minimum Gasteiger partial charge on any atom is -0.447 e.